The maximum absolute atomic E-state index is 11.0. The number of anilines is 1. The third kappa shape index (κ3) is 5.31. The minimum atomic E-state index is -0.842. The molecule has 1 rings (SSSR count). The summed E-state index contributed by atoms with van der Waals surface area (Å²) < 4.78 is 0. The van der Waals surface area contributed by atoms with E-state index in [0.717, 1.165) is 24.1 Å². The molecule has 0 aliphatic rings. The Hall–Kier alpha value is -2.02. The lowest BCUT2D eigenvalue weighted by molar-refractivity contribution is -0.135. The zero-order chi connectivity index (χ0) is 15.2. The van der Waals surface area contributed by atoms with Crippen LogP contribution < -0.4 is 4.90 Å². The summed E-state index contributed by atoms with van der Waals surface area (Å²) >= 11 is 0. The van der Waals surface area contributed by atoms with Crippen LogP contribution in [0.25, 0.3) is 0 Å². The number of nitrogens with zero attached hydrogens (tertiary/aromatic N) is 2. The molecule has 0 aromatic heterocycles. The first-order chi connectivity index (χ1) is 9.34. The number of rotatable bonds is 7. The second-order valence-electron chi connectivity index (χ2n) is 5.75. The molecule has 1 N–H and O–H groups in total. The first-order valence-corrected chi connectivity index (χ1v) is 6.79. The number of aryl methyl sites for hydroxylation is 1. The summed E-state index contributed by atoms with van der Waals surface area (Å²) in [5.74, 6) is -0.842. The number of aliphatic carboxylic acids is 1. The van der Waals surface area contributed by atoms with Crippen molar-refractivity contribution >= 4 is 11.7 Å². The van der Waals surface area contributed by atoms with E-state index in [9.17, 15) is 4.79 Å². The molecule has 0 saturated carbocycles. The van der Waals surface area contributed by atoms with Crippen molar-refractivity contribution in [2.45, 2.75) is 33.6 Å². The predicted octanol–water partition coefficient (Wildman–Crippen LogP) is 3.22. The number of nitriles is 1. The highest BCUT2D eigenvalue weighted by Gasteiger charge is 2.17. The Labute approximate surface area is 120 Å². The quantitative estimate of drug-likeness (QED) is 0.829. The lowest BCUT2D eigenvalue weighted by Crippen LogP contribution is -2.31. The molecule has 0 unspecified atom stereocenters. The summed E-state index contributed by atoms with van der Waals surface area (Å²) in [7, 11) is 0. The molecule has 0 saturated heterocycles. The molecule has 0 radical (unpaired) electrons. The van der Waals surface area contributed by atoms with E-state index in [4.69, 9.17) is 10.4 Å². The van der Waals surface area contributed by atoms with Gasteiger partial charge in [0.1, 0.15) is 6.54 Å². The molecule has 0 aliphatic heterocycles. The van der Waals surface area contributed by atoms with E-state index in [2.05, 4.69) is 6.07 Å². The molecule has 1 aromatic carbocycles. The van der Waals surface area contributed by atoms with Crippen molar-refractivity contribution in [3.05, 3.63) is 29.8 Å². The predicted molar refractivity (Wildman–Crippen MR) is 79.7 cm³/mol. The highest BCUT2D eigenvalue weighted by Crippen LogP contribution is 2.22. The van der Waals surface area contributed by atoms with Gasteiger partial charge in [-0.3, -0.25) is 4.79 Å². The highest BCUT2D eigenvalue weighted by atomic mass is 16.4. The molecule has 20 heavy (non-hydrogen) atoms. The Balaban J connectivity index is 2.68. The summed E-state index contributed by atoms with van der Waals surface area (Å²) in [5, 5.41) is 18.0. The van der Waals surface area contributed by atoms with E-state index >= 15 is 0 Å². The first kappa shape index (κ1) is 16.0. The summed E-state index contributed by atoms with van der Waals surface area (Å²) in [6.45, 7) is 6.43. The lowest BCUT2D eigenvalue weighted by Gasteiger charge is -2.24. The Morgan fingerprint density at radius 3 is 2.45 bits per heavy atom. The molecule has 0 bridgehead atoms. The molecule has 4 nitrogen and oxygen atoms in total. The summed E-state index contributed by atoms with van der Waals surface area (Å²) in [6.07, 6.45) is 1.55. The van der Waals surface area contributed by atoms with Gasteiger partial charge >= 0.3 is 5.97 Å². The van der Waals surface area contributed by atoms with Crippen molar-refractivity contribution in [2.75, 3.05) is 18.0 Å². The average molecular weight is 274 g/mol. The van der Waals surface area contributed by atoms with Gasteiger partial charge in [-0.25, -0.2) is 0 Å². The van der Waals surface area contributed by atoms with Crippen LogP contribution in [0, 0.1) is 23.7 Å². The van der Waals surface area contributed by atoms with Crippen LogP contribution >= 0.6 is 0 Å². The smallest absolute Gasteiger partial charge is 0.323 e. The Morgan fingerprint density at radius 1 is 1.35 bits per heavy atom. The fourth-order valence-corrected chi connectivity index (χ4v) is 1.99. The molecular formula is C16H22N2O2. The molecule has 0 heterocycles. The normalized spacial score (nSPS) is 10.9. The van der Waals surface area contributed by atoms with Crippen molar-refractivity contribution in [1.29, 1.82) is 5.26 Å². The fraction of sp³-hybridized carbons (Fsp3) is 0.500. The van der Waals surface area contributed by atoms with Gasteiger partial charge in [-0.1, -0.05) is 17.7 Å². The van der Waals surface area contributed by atoms with Gasteiger partial charge in [0.25, 0.3) is 0 Å². The van der Waals surface area contributed by atoms with Crippen LogP contribution in [0.3, 0.4) is 0 Å². The minimum absolute atomic E-state index is 0.0178. The van der Waals surface area contributed by atoms with Crippen LogP contribution in [-0.2, 0) is 4.79 Å². The third-order valence-electron chi connectivity index (χ3n) is 3.26. The van der Waals surface area contributed by atoms with Crippen molar-refractivity contribution in [3.8, 4) is 6.07 Å². The average Bonchev–Trinajstić information content (AvgIpc) is 2.38. The third-order valence-corrected chi connectivity index (χ3v) is 3.26. The molecule has 0 aliphatic carbocycles. The molecule has 108 valence electrons. The number of hydrogen-bond donors (Lipinski definition) is 1. The molecule has 0 atom stereocenters. The van der Waals surface area contributed by atoms with Gasteiger partial charge in [0.2, 0.25) is 0 Å². The van der Waals surface area contributed by atoms with E-state index in [-0.39, 0.29) is 12.0 Å². The van der Waals surface area contributed by atoms with E-state index in [1.807, 2.05) is 49.9 Å². The topological polar surface area (TPSA) is 64.3 Å². The van der Waals surface area contributed by atoms with Crippen molar-refractivity contribution < 1.29 is 9.90 Å². The van der Waals surface area contributed by atoms with Crippen LogP contribution in [0.15, 0.2) is 24.3 Å². The number of hydrogen-bond acceptors (Lipinski definition) is 3. The standard InChI is InChI=1S/C16H22N2O2/c1-13-5-7-14(8-6-13)18(11-15(19)20)10-4-9-16(2,3)12-17/h5-8H,4,9-11H2,1-3H3,(H,19,20). The second-order valence-corrected chi connectivity index (χ2v) is 5.75. The monoisotopic (exact) mass is 274 g/mol. The van der Waals surface area contributed by atoms with E-state index in [0.29, 0.717) is 6.54 Å². The fourth-order valence-electron chi connectivity index (χ4n) is 1.99. The van der Waals surface area contributed by atoms with Crippen molar-refractivity contribution in [2.24, 2.45) is 5.41 Å². The van der Waals surface area contributed by atoms with Crippen molar-refractivity contribution in [3.63, 3.8) is 0 Å². The Kier molecular flexibility index (Phi) is 5.57. The maximum Gasteiger partial charge on any atom is 0.323 e. The van der Waals surface area contributed by atoms with Gasteiger partial charge in [0.15, 0.2) is 0 Å². The van der Waals surface area contributed by atoms with Crippen LogP contribution in [-0.4, -0.2) is 24.2 Å². The van der Waals surface area contributed by atoms with Crippen LogP contribution in [0.5, 0.6) is 0 Å². The SMILES string of the molecule is Cc1ccc(N(CCCC(C)(C)C#N)CC(=O)O)cc1. The van der Waals surface area contributed by atoms with Crippen LogP contribution in [0.4, 0.5) is 5.69 Å². The first-order valence-electron chi connectivity index (χ1n) is 6.79. The highest BCUT2D eigenvalue weighted by molar-refractivity contribution is 5.73. The number of carboxylic acid groups (broad SMARTS) is 1. The molecule has 4 heteroatoms. The Morgan fingerprint density at radius 2 is 1.95 bits per heavy atom. The Bertz CT molecular complexity index is 486. The van der Waals surface area contributed by atoms with E-state index in [1.165, 1.54) is 0 Å². The van der Waals surface area contributed by atoms with Gasteiger partial charge in [-0.05, 0) is 45.7 Å². The largest absolute Gasteiger partial charge is 0.480 e. The van der Waals surface area contributed by atoms with Gasteiger partial charge in [0, 0.05) is 12.2 Å². The molecule has 1 aromatic rings. The zero-order valence-corrected chi connectivity index (χ0v) is 12.4. The van der Waals surface area contributed by atoms with Gasteiger partial charge in [0.05, 0.1) is 11.5 Å². The summed E-state index contributed by atoms with van der Waals surface area (Å²) in [5.41, 5.74) is 1.70. The number of carboxylic acids is 1. The maximum atomic E-state index is 11.0. The van der Waals surface area contributed by atoms with Crippen LogP contribution in [0.2, 0.25) is 0 Å². The van der Waals surface area contributed by atoms with E-state index < -0.39 is 5.97 Å². The van der Waals surface area contributed by atoms with Gasteiger partial charge in [-0.2, -0.15) is 5.26 Å². The number of benzene rings is 1. The van der Waals surface area contributed by atoms with Crippen molar-refractivity contribution in [1.82, 2.24) is 0 Å². The molecular weight excluding hydrogens is 252 g/mol. The van der Waals surface area contributed by atoms with E-state index in [1.54, 1.807) is 0 Å². The zero-order valence-electron chi connectivity index (χ0n) is 12.4. The summed E-state index contributed by atoms with van der Waals surface area (Å²) in [4.78, 5) is 12.8. The molecule has 0 fully saturated rings. The lowest BCUT2D eigenvalue weighted by atomic mass is 9.90. The second kappa shape index (κ2) is 6.95. The summed E-state index contributed by atoms with van der Waals surface area (Å²) in [6, 6.07) is 10.1. The van der Waals surface area contributed by atoms with Gasteiger partial charge in [-0.15, -0.1) is 0 Å². The number of carbonyl (C=O) groups is 1. The molecule has 0 spiro atoms. The minimum Gasteiger partial charge on any atom is -0.480 e. The van der Waals surface area contributed by atoms with Gasteiger partial charge < -0.3 is 10.0 Å². The van der Waals surface area contributed by atoms with Crippen LogP contribution in [0.1, 0.15) is 32.3 Å². The molecule has 0 amide bonds.